The quantitative estimate of drug-likeness (QED) is 0.0344. The molecule has 1 saturated heterocycles. The molecule has 9 N–H and O–H groups in total. The van der Waals surface area contributed by atoms with Gasteiger partial charge >= 0.3 is 5.97 Å². The van der Waals surface area contributed by atoms with Crippen molar-refractivity contribution < 1.29 is 62.1 Å². The summed E-state index contributed by atoms with van der Waals surface area (Å²) in [7, 11) is 0. The second-order valence-corrected chi connectivity index (χ2v) is 23.3. The Morgan fingerprint density at radius 3 is 2.41 bits per heavy atom. The highest BCUT2D eigenvalue weighted by Gasteiger charge is 2.47. The first-order chi connectivity index (χ1) is 40.0. The molecule has 1 saturated carbocycles. The first-order valence-corrected chi connectivity index (χ1v) is 29.6. The van der Waals surface area contributed by atoms with Gasteiger partial charge in [-0.05, 0) is 116 Å². The van der Waals surface area contributed by atoms with E-state index in [1.54, 1.807) is 62.0 Å². The zero-order valence-corrected chi connectivity index (χ0v) is 47.6. The maximum absolute atomic E-state index is 15.5. The fourth-order valence-electron chi connectivity index (χ4n) is 11.8. The lowest BCUT2D eigenvalue weighted by Crippen LogP contribution is -2.52. The summed E-state index contributed by atoms with van der Waals surface area (Å²) in [5.41, 5.74) is 11.7. The number of amides is 7. The second kappa shape index (κ2) is 26.9. The molecule has 1 aromatic heterocycles. The predicted octanol–water partition coefficient (Wildman–Crippen LogP) is 2.77. The summed E-state index contributed by atoms with van der Waals surface area (Å²) in [5.74, 6) is -4.28. The molecule has 2 aliphatic heterocycles. The minimum atomic E-state index is -2.04. The molecule has 0 spiro atoms. The van der Waals surface area contributed by atoms with E-state index in [9.17, 15) is 48.3 Å². The molecule has 442 valence electrons. The van der Waals surface area contributed by atoms with E-state index >= 15 is 4.39 Å². The number of benzene rings is 2. The number of rotatable bonds is 25. The van der Waals surface area contributed by atoms with Crippen LogP contribution < -0.4 is 37.6 Å². The maximum Gasteiger partial charge on any atom is 0.343 e. The number of aryl methyl sites for hydroxylation is 1. The molecule has 2 aromatic carbocycles. The van der Waals surface area contributed by atoms with Crippen molar-refractivity contribution in [2.75, 3.05) is 58.4 Å². The zero-order valence-electron chi connectivity index (χ0n) is 46.8. The van der Waals surface area contributed by atoms with Gasteiger partial charge in [0.1, 0.15) is 31.8 Å². The van der Waals surface area contributed by atoms with Gasteiger partial charge in [0.15, 0.2) is 11.4 Å². The molecule has 7 amide bonds. The van der Waals surface area contributed by atoms with Crippen LogP contribution in [-0.4, -0.2) is 143 Å². The second-order valence-electron chi connectivity index (χ2n) is 22.0. The third-order valence-electron chi connectivity index (χ3n) is 16.2. The number of unbranched alkanes of at least 4 members (excludes halogenated alkanes) is 2. The Morgan fingerprint density at radius 1 is 0.904 bits per heavy atom. The number of carbonyl (C=O) groups is 9. The normalized spacial score (nSPS) is 21.6. The van der Waals surface area contributed by atoms with E-state index < -0.39 is 85.4 Å². The number of fused-ring (bicyclic) bond motifs is 5. The number of thioether (sulfide) groups is 1. The van der Waals surface area contributed by atoms with E-state index in [4.69, 9.17) is 20.2 Å². The van der Waals surface area contributed by atoms with Crippen LogP contribution in [0.15, 0.2) is 64.9 Å². The van der Waals surface area contributed by atoms with Gasteiger partial charge in [-0.3, -0.25) is 38.4 Å². The van der Waals surface area contributed by atoms with Crippen LogP contribution in [0.25, 0.3) is 16.5 Å². The Balaban J connectivity index is 0.726. The number of ether oxygens (including phenoxy) is 2. The van der Waals surface area contributed by atoms with Crippen LogP contribution in [0, 0.1) is 18.7 Å². The van der Waals surface area contributed by atoms with Crippen LogP contribution >= 0.6 is 11.8 Å². The number of ketones is 1. The number of nitrogens with one attached hydrogen (secondary N) is 6. The van der Waals surface area contributed by atoms with Crippen LogP contribution in [0.5, 0.6) is 0 Å². The molecule has 83 heavy (non-hydrogen) atoms. The number of carbonyl (C=O) groups excluding carboxylic acids is 9. The number of pyridine rings is 1. The molecule has 3 unspecified atom stereocenters. The van der Waals surface area contributed by atoms with Gasteiger partial charge in [-0.2, -0.15) is 0 Å². The Bertz CT molecular complexity index is 3200. The maximum atomic E-state index is 15.5. The van der Waals surface area contributed by atoms with Crippen molar-refractivity contribution in [3.63, 3.8) is 0 Å². The summed E-state index contributed by atoms with van der Waals surface area (Å²) in [5, 5.41) is 27.9. The third kappa shape index (κ3) is 14.2. The number of halogens is 1. The number of hydrogen-bond acceptors (Lipinski definition) is 15. The molecular formula is C60H72FN9O12S. The van der Waals surface area contributed by atoms with Crippen molar-refractivity contribution >= 4 is 81.3 Å². The summed E-state index contributed by atoms with van der Waals surface area (Å²) >= 11 is 1.60. The van der Waals surface area contributed by atoms with Gasteiger partial charge in [-0.1, -0.05) is 43.7 Å². The smallest absolute Gasteiger partial charge is 0.343 e. The zero-order chi connectivity index (χ0) is 59.0. The van der Waals surface area contributed by atoms with E-state index in [1.807, 2.05) is 4.90 Å². The monoisotopic (exact) mass is 1160 g/mol. The molecule has 21 nitrogen and oxygen atoms in total. The van der Waals surface area contributed by atoms with Crippen molar-refractivity contribution in [2.45, 2.75) is 127 Å². The number of Topliss-reactive ketones (excluding diaryl/α,β-unsaturated/α-hetero) is 1. The van der Waals surface area contributed by atoms with Crippen LogP contribution in [0.4, 0.5) is 4.39 Å². The molecular weight excluding hydrogens is 1090 g/mol. The standard InChI is InChI=1S/C60H72FN9O12S/c1-3-60(80)41-24-37-20-35(23-47(71)40(41)30-82-59(60)79)21-39-55-43(16-15-38-33(2)42(61)25-44(54(38)55)69-56(37)39)67-53(76)31-81-32-66-51(74)28-65-57(77)45(22-34-10-6-4-7-11-34)68-52(75)29-64-50(73)27-63-49(72)12-8-5-9-18-70-46(36-13-14-36)26-48(58(70)78)83-19-17-62/h4,6-7,10-11,24-25,35,43,45,48,80H,3,5,8-9,12-23,26-32,62H2,1-2H3,(H,63,72)(H,64,73)(H,65,77)(H,66,74)(H,67,76)(H,68,75)/b37-24+/t35?,43-,45?,48?,60-/m0/s1. The number of nitrogens with zero attached hydrogens (tertiary/aromatic N) is 2. The van der Waals surface area contributed by atoms with Gasteiger partial charge in [-0.25, -0.2) is 14.2 Å². The number of nitrogens with two attached hydrogens (primary N) is 1. The number of aromatic nitrogens is 1. The summed E-state index contributed by atoms with van der Waals surface area (Å²) in [6.07, 6.45) is 8.57. The van der Waals surface area contributed by atoms with Gasteiger partial charge in [0, 0.05) is 72.8 Å². The first-order valence-electron chi connectivity index (χ1n) is 28.6. The fourth-order valence-corrected chi connectivity index (χ4v) is 12.8. The Kier molecular flexibility index (Phi) is 19.5. The van der Waals surface area contributed by atoms with Crippen molar-refractivity contribution in [2.24, 2.45) is 11.7 Å². The highest BCUT2D eigenvalue weighted by atomic mass is 32.2. The summed E-state index contributed by atoms with van der Waals surface area (Å²) < 4.78 is 26.4. The topological polar surface area (TPSA) is 307 Å². The molecule has 2 bridgehead atoms. The van der Waals surface area contributed by atoms with Gasteiger partial charge in [0.2, 0.25) is 41.4 Å². The first kappa shape index (κ1) is 60.3. The molecule has 9 rings (SSSR count). The average molecular weight is 1160 g/mol. The molecule has 2 fully saturated rings. The lowest BCUT2D eigenvalue weighted by Gasteiger charge is -2.38. The average Bonchev–Trinajstić information content (AvgIpc) is 2.90. The summed E-state index contributed by atoms with van der Waals surface area (Å²) in [4.78, 5) is 125. The van der Waals surface area contributed by atoms with Gasteiger partial charge < -0.3 is 57.1 Å². The van der Waals surface area contributed by atoms with Crippen LogP contribution in [0.3, 0.4) is 0 Å². The molecule has 3 aromatic rings. The van der Waals surface area contributed by atoms with Crippen LogP contribution in [0.2, 0.25) is 0 Å². The number of hydrogen-bond donors (Lipinski definition) is 8. The highest BCUT2D eigenvalue weighted by molar-refractivity contribution is 8.00. The van der Waals surface area contributed by atoms with Crippen LogP contribution in [-0.2, 0) is 71.9 Å². The van der Waals surface area contributed by atoms with Crippen molar-refractivity contribution in [1.82, 2.24) is 41.8 Å². The molecule has 5 atom stereocenters. The predicted molar refractivity (Wildman–Crippen MR) is 305 cm³/mol. The molecule has 0 radical (unpaired) electrons. The molecule has 4 aliphatic carbocycles. The van der Waals surface area contributed by atoms with E-state index in [0.29, 0.717) is 73.1 Å². The van der Waals surface area contributed by atoms with Gasteiger partial charge in [0.25, 0.3) is 0 Å². The van der Waals surface area contributed by atoms with E-state index in [1.165, 1.54) is 11.6 Å². The Labute approximate surface area is 484 Å². The minimum absolute atomic E-state index is 0.0298. The SMILES string of the molecule is CC[C@@]1(O)C(=O)OCC2=C1/C=C1\CC(CC2=O)Cc2c1nc1cc(F)c(C)c3c1c2[C@@H](NC(=O)COCNC(=O)CNC(=O)C(Cc1ccccc1)NC(=O)CNC(=O)CNC(=O)CCCCCN1C(=O)C(SCCN)CC1=C1CC1)CC3. The number of likely N-dealkylation sites (tertiary alicyclic amines) is 1. The van der Waals surface area contributed by atoms with Crippen molar-refractivity contribution in [3.05, 3.63) is 104 Å². The lowest BCUT2D eigenvalue weighted by atomic mass is 9.71. The van der Waals surface area contributed by atoms with Crippen LogP contribution in [0.1, 0.15) is 117 Å². The summed E-state index contributed by atoms with van der Waals surface area (Å²) in [6, 6.07) is 8.51. The Morgan fingerprint density at radius 2 is 1.65 bits per heavy atom. The lowest BCUT2D eigenvalue weighted by molar-refractivity contribution is -0.163. The third-order valence-corrected chi connectivity index (χ3v) is 17.5. The Hall–Kier alpha value is -7.34. The molecule has 23 heteroatoms. The van der Waals surface area contributed by atoms with Gasteiger partial charge in [-0.15, -0.1) is 11.8 Å². The number of allylic oxidation sites excluding steroid dienone is 3. The minimum Gasteiger partial charge on any atom is -0.458 e. The molecule has 6 aliphatic rings. The highest BCUT2D eigenvalue weighted by Crippen LogP contribution is 2.48. The van der Waals surface area contributed by atoms with E-state index in [0.717, 1.165) is 65.6 Å². The molecule has 3 heterocycles. The number of cyclic esters (lactones) is 1. The fraction of sp³-hybridized carbons (Fsp3) is 0.500. The van der Waals surface area contributed by atoms with E-state index in [2.05, 4.69) is 31.9 Å². The van der Waals surface area contributed by atoms with Crippen molar-refractivity contribution in [1.29, 1.82) is 0 Å². The van der Waals surface area contributed by atoms with E-state index in [-0.39, 0.29) is 78.7 Å². The number of esters is 1. The van der Waals surface area contributed by atoms with Gasteiger partial charge in [0.05, 0.1) is 42.1 Å². The summed E-state index contributed by atoms with van der Waals surface area (Å²) in [6.45, 7) is 1.99. The largest absolute Gasteiger partial charge is 0.458 e. The number of aliphatic hydroxyl groups is 1. The van der Waals surface area contributed by atoms with Crippen molar-refractivity contribution in [3.8, 4) is 0 Å².